The third-order valence-corrected chi connectivity index (χ3v) is 4.36. The number of phenols is 1. The molecule has 0 aliphatic carbocycles. The average Bonchev–Trinajstić information content (AvgIpc) is 2.90. The molecule has 2 N–H and O–H groups in total. The van der Waals surface area contributed by atoms with Gasteiger partial charge in [-0.2, -0.15) is 0 Å². The van der Waals surface area contributed by atoms with Crippen molar-refractivity contribution in [3.05, 3.63) is 68.1 Å². The largest absolute Gasteiger partial charge is 0.502 e. The number of phenolic OH excluding ortho intramolecular Hbond substituents is 1. The summed E-state index contributed by atoms with van der Waals surface area (Å²) < 4.78 is 0. The second-order valence-corrected chi connectivity index (χ2v) is 6.43. The van der Waals surface area contributed by atoms with Gasteiger partial charge >= 0.3 is 5.69 Å². The molecule has 3 rings (SSSR count). The van der Waals surface area contributed by atoms with Gasteiger partial charge in [0, 0.05) is 11.1 Å². The molecule has 1 amide bonds. The fourth-order valence-electron chi connectivity index (χ4n) is 2.04. The molecule has 9 heteroatoms. The summed E-state index contributed by atoms with van der Waals surface area (Å²) in [4.78, 5) is 26.9. The number of nitrogens with one attached hydrogen (secondary N) is 1. The van der Waals surface area contributed by atoms with E-state index in [1.54, 1.807) is 24.3 Å². The van der Waals surface area contributed by atoms with Gasteiger partial charge in [-0.1, -0.05) is 17.7 Å². The van der Waals surface area contributed by atoms with Crippen LogP contribution in [0, 0.1) is 10.1 Å². The zero-order valence-corrected chi connectivity index (χ0v) is 14.0. The topological polar surface area (TPSA) is 105 Å². The number of nitro benzene ring substituents is 1. The zero-order chi connectivity index (χ0) is 18.0. The van der Waals surface area contributed by atoms with Crippen LogP contribution in [0.3, 0.4) is 0 Å². The molecule has 0 saturated carbocycles. The first-order chi connectivity index (χ1) is 11.9. The fraction of sp³-hybridized carbons (Fsp3) is 0. The van der Waals surface area contributed by atoms with Crippen molar-refractivity contribution >= 4 is 51.9 Å². The van der Waals surface area contributed by atoms with E-state index in [0.717, 1.165) is 11.8 Å². The summed E-state index contributed by atoms with van der Waals surface area (Å²) in [5, 5.41) is 23.9. The van der Waals surface area contributed by atoms with Gasteiger partial charge in [0.15, 0.2) is 10.9 Å². The number of hydrogen-bond acceptors (Lipinski definition) is 6. The van der Waals surface area contributed by atoms with Crippen molar-refractivity contribution in [1.82, 2.24) is 5.32 Å². The van der Waals surface area contributed by atoms with Gasteiger partial charge in [-0.05, 0) is 53.7 Å². The smallest absolute Gasteiger partial charge is 0.311 e. The second-order valence-electron chi connectivity index (χ2n) is 4.96. The molecule has 1 fully saturated rings. The molecular formula is C16H10ClN3O4S. The summed E-state index contributed by atoms with van der Waals surface area (Å²) in [6, 6.07) is 10.7. The Bertz CT molecular complexity index is 925. The highest BCUT2D eigenvalue weighted by molar-refractivity contribution is 8.18. The number of aliphatic imine (C=N–C) groups is 1. The highest BCUT2D eigenvalue weighted by Crippen LogP contribution is 2.31. The van der Waals surface area contributed by atoms with E-state index in [1.165, 1.54) is 24.3 Å². The minimum atomic E-state index is -0.688. The number of thioether (sulfide) groups is 1. The van der Waals surface area contributed by atoms with Crippen molar-refractivity contribution in [3.63, 3.8) is 0 Å². The first-order valence-corrected chi connectivity index (χ1v) is 8.14. The maximum atomic E-state index is 12.0. The number of carbonyl (C=O) groups excluding carboxylic acids is 1. The van der Waals surface area contributed by atoms with E-state index in [2.05, 4.69) is 10.3 Å². The van der Waals surface area contributed by atoms with Gasteiger partial charge in [-0.25, -0.2) is 4.99 Å². The average molecular weight is 376 g/mol. The van der Waals surface area contributed by atoms with Gasteiger partial charge in [-0.3, -0.25) is 14.9 Å². The Morgan fingerprint density at radius 2 is 1.96 bits per heavy atom. The van der Waals surface area contributed by atoms with Crippen LogP contribution in [0.2, 0.25) is 5.02 Å². The Balaban J connectivity index is 1.85. The number of nitro groups is 1. The monoisotopic (exact) mass is 375 g/mol. The first kappa shape index (κ1) is 17.0. The molecule has 0 bridgehead atoms. The molecule has 2 aromatic carbocycles. The van der Waals surface area contributed by atoms with Gasteiger partial charge in [0.05, 0.1) is 15.5 Å². The Kier molecular flexibility index (Phi) is 4.73. The van der Waals surface area contributed by atoms with Crippen LogP contribution in [0.4, 0.5) is 11.4 Å². The van der Waals surface area contributed by atoms with Crippen molar-refractivity contribution in [2.45, 2.75) is 0 Å². The quantitative estimate of drug-likeness (QED) is 0.481. The van der Waals surface area contributed by atoms with Crippen molar-refractivity contribution in [1.29, 1.82) is 0 Å². The number of amides is 1. The Labute approximate surface area is 151 Å². The number of halogens is 1. The summed E-state index contributed by atoms with van der Waals surface area (Å²) in [6.07, 6.45) is 1.50. The SMILES string of the molecule is O=C1NC(=Nc2ccc(Cl)cc2)SC1=Cc1ccc(O)c([N+](=O)[O-])c1. The van der Waals surface area contributed by atoms with Crippen LogP contribution in [0.5, 0.6) is 5.75 Å². The molecule has 2 aromatic rings. The number of rotatable bonds is 3. The summed E-state index contributed by atoms with van der Waals surface area (Å²) >= 11 is 6.93. The lowest BCUT2D eigenvalue weighted by atomic mass is 10.1. The van der Waals surface area contributed by atoms with E-state index in [-0.39, 0.29) is 5.91 Å². The highest BCUT2D eigenvalue weighted by atomic mass is 35.5. The standard InChI is InChI=1S/C16H10ClN3O4S/c17-10-2-4-11(5-3-10)18-16-19-15(22)14(25-16)8-9-1-6-13(21)12(7-9)20(23)24/h1-8,21H,(H,18,19,22). The molecule has 7 nitrogen and oxygen atoms in total. The number of carbonyl (C=O) groups is 1. The van der Waals surface area contributed by atoms with E-state index < -0.39 is 16.4 Å². The molecule has 25 heavy (non-hydrogen) atoms. The van der Waals surface area contributed by atoms with Crippen LogP contribution in [-0.4, -0.2) is 21.1 Å². The molecule has 1 aliphatic rings. The lowest BCUT2D eigenvalue weighted by Gasteiger charge is -1.98. The third-order valence-electron chi connectivity index (χ3n) is 3.20. The molecule has 0 spiro atoms. The van der Waals surface area contributed by atoms with Gasteiger partial charge in [0.25, 0.3) is 5.91 Å². The summed E-state index contributed by atoms with van der Waals surface area (Å²) in [7, 11) is 0. The Morgan fingerprint density at radius 1 is 1.24 bits per heavy atom. The zero-order valence-electron chi connectivity index (χ0n) is 12.5. The van der Waals surface area contributed by atoms with Crippen LogP contribution in [-0.2, 0) is 4.79 Å². The minimum Gasteiger partial charge on any atom is -0.502 e. The Morgan fingerprint density at radius 3 is 2.64 bits per heavy atom. The van der Waals surface area contributed by atoms with E-state index in [4.69, 9.17) is 11.6 Å². The molecule has 0 atom stereocenters. The predicted molar refractivity (Wildman–Crippen MR) is 97.0 cm³/mol. The summed E-state index contributed by atoms with van der Waals surface area (Å²) in [5.74, 6) is -0.783. The van der Waals surface area contributed by atoms with Crippen molar-refractivity contribution < 1.29 is 14.8 Å². The van der Waals surface area contributed by atoms with Gasteiger partial charge in [0.2, 0.25) is 0 Å². The van der Waals surface area contributed by atoms with Crippen molar-refractivity contribution in [2.24, 2.45) is 4.99 Å². The van der Waals surface area contributed by atoms with E-state index in [9.17, 15) is 20.0 Å². The molecule has 1 heterocycles. The second kappa shape index (κ2) is 6.96. The lowest BCUT2D eigenvalue weighted by Crippen LogP contribution is -2.19. The normalized spacial score (nSPS) is 17.1. The number of benzene rings is 2. The maximum absolute atomic E-state index is 12.0. The fourth-order valence-corrected chi connectivity index (χ4v) is 3.01. The summed E-state index contributed by atoms with van der Waals surface area (Å²) in [6.45, 7) is 0. The highest BCUT2D eigenvalue weighted by Gasteiger charge is 2.24. The van der Waals surface area contributed by atoms with E-state index >= 15 is 0 Å². The van der Waals surface area contributed by atoms with E-state index in [0.29, 0.717) is 26.3 Å². The number of hydrogen-bond donors (Lipinski definition) is 2. The molecule has 126 valence electrons. The van der Waals surface area contributed by atoms with Crippen LogP contribution in [0.1, 0.15) is 5.56 Å². The molecular weight excluding hydrogens is 366 g/mol. The van der Waals surface area contributed by atoms with Crippen molar-refractivity contribution in [2.75, 3.05) is 0 Å². The van der Waals surface area contributed by atoms with Gasteiger partial charge in [-0.15, -0.1) is 0 Å². The molecule has 0 aromatic heterocycles. The molecule has 1 aliphatic heterocycles. The van der Waals surface area contributed by atoms with Crippen LogP contribution in [0.25, 0.3) is 6.08 Å². The lowest BCUT2D eigenvalue weighted by molar-refractivity contribution is -0.385. The Hall–Kier alpha value is -2.84. The number of amidine groups is 1. The molecule has 0 radical (unpaired) electrons. The molecule has 1 saturated heterocycles. The van der Waals surface area contributed by atoms with Crippen molar-refractivity contribution in [3.8, 4) is 5.75 Å². The van der Waals surface area contributed by atoms with Crippen LogP contribution >= 0.6 is 23.4 Å². The third kappa shape index (κ3) is 3.98. The maximum Gasteiger partial charge on any atom is 0.311 e. The van der Waals surface area contributed by atoms with Crippen LogP contribution < -0.4 is 5.32 Å². The number of nitrogens with zero attached hydrogens (tertiary/aromatic N) is 2. The summed E-state index contributed by atoms with van der Waals surface area (Å²) in [5.41, 5.74) is 0.636. The minimum absolute atomic E-state index is 0.340. The van der Waals surface area contributed by atoms with Gasteiger partial charge in [0.1, 0.15) is 0 Å². The molecule has 0 unspecified atom stereocenters. The number of aromatic hydroxyl groups is 1. The predicted octanol–water partition coefficient (Wildman–Crippen LogP) is 3.85. The first-order valence-electron chi connectivity index (χ1n) is 6.95. The van der Waals surface area contributed by atoms with Gasteiger partial charge < -0.3 is 10.4 Å². The van der Waals surface area contributed by atoms with E-state index in [1.807, 2.05) is 0 Å². The van der Waals surface area contributed by atoms with Crippen LogP contribution in [0.15, 0.2) is 52.4 Å².